The van der Waals surface area contributed by atoms with E-state index in [0.29, 0.717) is 6.04 Å². The fraction of sp³-hybridized carbons (Fsp3) is 0.714. The van der Waals surface area contributed by atoms with Crippen molar-refractivity contribution in [2.75, 3.05) is 6.54 Å². The molecule has 0 bridgehead atoms. The maximum atomic E-state index is 3.59. The van der Waals surface area contributed by atoms with Crippen LogP contribution in [0.25, 0.3) is 0 Å². The van der Waals surface area contributed by atoms with E-state index in [2.05, 4.69) is 47.2 Å². The first-order valence-corrected chi connectivity index (χ1v) is 8.37. The molecule has 0 spiro atoms. The summed E-state index contributed by atoms with van der Waals surface area (Å²) in [5.41, 5.74) is 0. The van der Waals surface area contributed by atoms with E-state index in [-0.39, 0.29) is 0 Å². The van der Waals surface area contributed by atoms with Crippen LogP contribution in [-0.4, -0.2) is 6.54 Å². The second kappa shape index (κ2) is 9.12. The van der Waals surface area contributed by atoms with Crippen molar-refractivity contribution in [1.29, 1.82) is 0 Å². The Labute approximate surface area is 118 Å². The molecule has 0 aliphatic rings. The first-order chi connectivity index (χ1) is 8.27. The Balaban J connectivity index is 2.33. The molecule has 0 saturated carbocycles. The van der Waals surface area contributed by atoms with E-state index in [1.165, 1.54) is 47.2 Å². The van der Waals surface area contributed by atoms with Gasteiger partial charge in [0, 0.05) is 10.9 Å². The van der Waals surface area contributed by atoms with E-state index in [4.69, 9.17) is 0 Å². The number of thiophene rings is 1. The zero-order chi connectivity index (χ0) is 12.5. The van der Waals surface area contributed by atoms with Gasteiger partial charge in [-0.1, -0.05) is 46.0 Å². The second-order valence-electron chi connectivity index (χ2n) is 4.46. The highest BCUT2D eigenvalue weighted by molar-refractivity contribution is 9.11. The van der Waals surface area contributed by atoms with Crippen molar-refractivity contribution in [3.05, 3.63) is 20.8 Å². The van der Waals surface area contributed by atoms with Crippen molar-refractivity contribution in [3.63, 3.8) is 0 Å². The number of nitrogens with one attached hydrogen (secondary N) is 1. The van der Waals surface area contributed by atoms with Gasteiger partial charge in [-0.3, -0.25) is 0 Å². The Kier molecular flexibility index (Phi) is 8.15. The lowest BCUT2D eigenvalue weighted by Crippen LogP contribution is -2.19. The van der Waals surface area contributed by atoms with Crippen LogP contribution in [0.15, 0.2) is 15.9 Å². The third kappa shape index (κ3) is 6.03. The summed E-state index contributed by atoms with van der Waals surface area (Å²) < 4.78 is 1.24. The molecule has 1 nitrogen and oxygen atoms in total. The Morgan fingerprint density at radius 3 is 2.53 bits per heavy atom. The predicted molar refractivity (Wildman–Crippen MR) is 81.8 cm³/mol. The maximum Gasteiger partial charge on any atom is 0.0701 e. The Bertz CT molecular complexity index is 298. The van der Waals surface area contributed by atoms with Crippen molar-refractivity contribution in [1.82, 2.24) is 5.32 Å². The summed E-state index contributed by atoms with van der Waals surface area (Å²) in [6, 6.07) is 4.95. The minimum Gasteiger partial charge on any atom is -0.310 e. The molecule has 0 aliphatic carbocycles. The van der Waals surface area contributed by atoms with E-state index in [0.717, 1.165) is 6.54 Å². The molecule has 0 aromatic carbocycles. The van der Waals surface area contributed by atoms with Crippen LogP contribution >= 0.6 is 27.3 Å². The minimum absolute atomic E-state index is 0.554. The van der Waals surface area contributed by atoms with Crippen molar-refractivity contribution in [2.45, 2.75) is 58.4 Å². The molecule has 1 aromatic heterocycles. The van der Waals surface area contributed by atoms with Gasteiger partial charge in [-0.05, 0) is 41.0 Å². The molecule has 1 N–H and O–H groups in total. The van der Waals surface area contributed by atoms with Crippen LogP contribution in [-0.2, 0) is 0 Å². The van der Waals surface area contributed by atoms with Gasteiger partial charge in [-0.25, -0.2) is 0 Å². The lowest BCUT2D eigenvalue weighted by atomic mass is 10.1. The highest BCUT2D eigenvalue weighted by Crippen LogP contribution is 2.30. The van der Waals surface area contributed by atoms with E-state index in [1.54, 1.807) is 0 Å². The van der Waals surface area contributed by atoms with Gasteiger partial charge in [-0.15, -0.1) is 11.3 Å². The molecule has 0 aliphatic heterocycles. The fourth-order valence-corrected chi connectivity index (χ4v) is 3.59. The largest absolute Gasteiger partial charge is 0.310 e. The zero-order valence-corrected chi connectivity index (χ0v) is 13.4. The van der Waals surface area contributed by atoms with Crippen LogP contribution in [0.3, 0.4) is 0 Å². The summed E-state index contributed by atoms with van der Waals surface area (Å²) >= 11 is 5.40. The number of halogens is 1. The van der Waals surface area contributed by atoms with Crippen LogP contribution in [0.4, 0.5) is 0 Å². The summed E-state index contributed by atoms with van der Waals surface area (Å²) in [5.74, 6) is 0. The van der Waals surface area contributed by atoms with Crippen LogP contribution < -0.4 is 5.32 Å². The lowest BCUT2D eigenvalue weighted by molar-refractivity contribution is 0.484. The SMILES string of the molecule is CCCCCCCC(NCC)c1ccc(Br)s1. The number of unbranched alkanes of at least 4 members (excludes halogenated alkanes) is 4. The van der Waals surface area contributed by atoms with Crippen LogP contribution in [0.5, 0.6) is 0 Å². The highest BCUT2D eigenvalue weighted by atomic mass is 79.9. The molecule has 1 heterocycles. The van der Waals surface area contributed by atoms with Crippen molar-refractivity contribution in [3.8, 4) is 0 Å². The molecule has 0 amide bonds. The molecule has 3 heteroatoms. The Morgan fingerprint density at radius 1 is 1.18 bits per heavy atom. The van der Waals surface area contributed by atoms with Crippen molar-refractivity contribution in [2.24, 2.45) is 0 Å². The first kappa shape index (κ1) is 15.2. The normalized spacial score (nSPS) is 12.9. The van der Waals surface area contributed by atoms with Gasteiger partial charge >= 0.3 is 0 Å². The van der Waals surface area contributed by atoms with Crippen molar-refractivity contribution >= 4 is 27.3 Å². The quantitative estimate of drug-likeness (QED) is 0.591. The maximum absolute atomic E-state index is 3.59. The Morgan fingerprint density at radius 2 is 1.94 bits per heavy atom. The molecule has 1 rings (SSSR count). The van der Waals surface area contributed by atoms with Gasteiger partial charge in [0.15, 0.2) is 0 Å². The molecule has 17 heavy (non-hydrogen) atoms. The molecule has 0 fully saturated rings. The molecule has 1 unspecified atom stereocenters. The number of rotatable bonds is 9. The van der Waals surface area contributed by atoms with Crippen LogP contribution in [0.1, 0.15) is 63.3 Å². The summed E-state index contributed by atoms with van der Waals surface area (Å²) in [5, 5.41) is 3.59. The minimum atomic E-state index is 0.554. The van der Waals surface area contributed by atoms with Gasteiger partial charge < -0.3 is 5.32 Å². The van der Waals surface area contributed by atoms with E-state index >= 15 is 0 Å². The summed E-state index contributed by atoms with van der Waals surface area (Å²) in [4.78, 5) is 1.47. The molecular weight excluding hydrogens is 294 g/mol. The standard InChI is InChI=1S/C14H24BrNS/c1-3-5-6-7-8-9-12(16-4-2)13-10-11-14(15)17-13/h10-12,16H,3-9H2,1-2H3. The monoisotopic (exact) mass is 317 g/mol. The van der Waals surface area contributed by atoms with Gasteiger partial charge in [0.25, 0.3) is 0 Å². The third-order valence-corrected chi connectivity index (χ3v) is 4.72. The topological polar surface area (TPSA) is 12.0 Å². The average Bonchev–Trinajstić information content (AvgIpc) is 2.74. The summed E-state index contributed by atoms with van der Waals surface area (Å²) in [7, 11) is 0. The molecule has 1 aromatic rings. The van der Waals surface area contributed by atoms with E-state index in [9.17, 15) is 0 Å². The molecule has 98 valence electrons. The summed E-state index contributed by atoms with van der Waals surface area (Å²) in [6.07, 6.45) is 8.09. The molecule has 0 radical (unpaired) electrons. The van der Waals surface area contributed by atoms with Gasteiger partial charge in [0.05, 0.1) is 3.79 Å². The smallest absolute Gasteiger partial charge is 0.0701 e. The van der Waals surface area contributed by atoms with Crippen LogP contribution in [0, 0.1) is 0 Å². The first-order valence-electron chi connectivity index (χ1n) is 6.76. The van der Waals surface area contributed by atoms with Gasteiger partial charge in [-0.2, -0.15) is 0 Å². The van der Waals surface area contributed by atoms with Gasteiger partial charge in [0.1, 0.15) is 0 Å². The zero-order valence-electron chi connectivity index (χ0n) is 11.0. The third-order valence-electron chi connectivity index (χ3n) is 2.98. The Hall–Kier alpha value is 0.140. The molecular formula is C14H24BrNS. The van der Waals surface area contributed by atoms with Crippen LogP contribution in [0.2, 0.25) is 0 Å². The summed E-state index contributed by atoms with van der Waals surface area (Å²) in [6.45, 7) is 5.51. The lowest BCUT2D eigenvalue weighted by Gasteiger charge is -2.16. The number of hydrogen-bond donors (Lipinski definition) is 1. The highest BCUT2D eigenvalue weighted by Gasteiger charge is 2.11. The average molecular weight is 318 g/mol. The van der Waals surface area contributed by atoms with Crippen molar-refractivity contribution < 1.29 is 0 Å². The van der Waals surface area contributed by atoms with E-state index in [1.807, 2.05) is 11.3 Å². The number of hydrogen-bond acceptors (Lipinski definition) is 2. The second-order valence-corrected chi connectivity index (χ2v) is 6.95. The van der Waals surface area contributed by atoms with Gasteiger partial charge in [0.2, 0.25) is 0 Å². The predicted octanol–water partition coefficient (Wildman–Crippen LogP) is 5.52. The fourth-order valence-electron chi connectivity index (χ4n) is 2.06. The molecule has 1 atom stereocenters. The van der Waals surface area contributed by atoms with E-state index < -0.39 is 0 Å². The molecule has 0 saturated heterocycles.